The zero-order chi connectivity index (χ0) is 15.6. The average molecular weight is 288 g/mol. The van der Waals surface area contributed by atoms with E-state index in [1.165, 1.54) is 0 Å². The van der Waals surface area contributed by atoms with E-state index in [2.05, 4.69) is 15.9 Å². The topological polar surface area (TPSA) is 13.1 Å². The van der Waals surface area contributed by atoms with E-state index in [-0.39, 0.29) is 67.7 Å². The van der Waals surface area contributed by atoms with Crippen molar-refractivity contribution < 1.29 is 12.6 Å². The molecule has 1 nitrogen and oxygen atoms in total. The fourth-order valence-electron chi connectivity index (χ4n) is 1.37. The van der Waals surface area contributed by atoms with Crippen LogP contribution in [-0.4, -0.2) is 0 Å². The van der Waals surface area contributed by atoms with E-state index in [9.17, 15) is 0 Å². The number of hydrogen-bond donors (Lipinski definition) is 0. The summed E-state index contributed by atoms with van der Waals surface area (Å²) in [7, 11) is 0. The van der Waals surface area contributed by atoms with Gasteiger partial charge in [-0.2, -0.15) is 0 Å². The number of fused-ring (bicyclic) bond motifs is 3. The number of benzene rings is 2. The van der Waals surface area contributed by atoms with Crippen molar-refractivity contribution in [1.29, 1.82) is 0 Å². The van der Waals surface area contributed by atoms with Crippen molar-refractivity contribution in [1.82, 2.24) is 0 Å². The summed E-state index contributed by atoms with van der Waals surface area (Å²) in [6.07, 6.45) is 0. The molecule has 0 saturated heterocycles. The molecular formula is C12H6BrClO. The van der Waals surface area contributed by atoms with Gasteiger partial charge < -0.3 is 4.42 Å². The highest BCUT2D eigenvalue weighted by Gasteiger charge is 2.08. The van der Waals surface area contributed by atoms with Gasteiger partial charge in [0.15, 0.2) is 5.58 Å². The van der Waals surface area contributed by atoms with Crippen LogP contribution in [0.5, 0.6) is 0 Å². The van der Waals surface area contributed by atoms with E-state index in [0.717, 1.165) is 0 Å². The molecule has 0 unspecified atom stereocenters. The van der Waals surface area contributed by atoms with Crippen molar-refractivity contribution in [2.24, 2.45) is 0 Å². The monoisotopic (exact) mass is 286 g/mol. The lowest BCUT2D eigenvalue weighted by molar-refractivity contribution is 0.669. The maximum Gasteiger partial charge on any atom is 0.153 e. The molecule has 2 aromatic carbocycles. The maximum absolute atomic E-state index is 8.02. The second-order valence-electron chi connectivity index (χ2n) is 2.89. The van der Waals surface area contributed by atoms with Gasteiger partial charge in [0, 0.05) is 15.2 Å². The molecule has 3 aromatic rings. The first kappa shape index (κ1) is 4.89. The SMILES string of the molecule is [2H]c1c([2H])c([2H])c2c(oc3c([2H])c(Br)c([2H])c([2H])c32)c1Cl. The molecule has 3 rings (SSSR count). The first-order valence-corrected chi connectivity index (χ1v) is 5.21. The van der Waals surface area contributed by atoms with Crippen molar-refractivity contribution in [2.45, 2.75) is 0 Å². The average Bonchev–Trinajstić information content (AvgIpc) is 2.87. The minimum Gasteiger partial charge on any atom is -0.454 e. The second-order valence-corrected chi connectivity index (χ2v) is 4.06. The summed E-state index contributed by atoms with van der Waals surface area (Å²) in [5, 5.41) is 0.0581. The molecule has 0 bridgehead atoms. The van der Waals surface area contributed by atoms with Crippen LogP contribution in [0.1, 0.15) is 8.22 Å². The van der Waals surface area contributed by atoms with Crippen LogP contribution in [0.4, 0.5) is 0 Å². The summed E-state index contributed by atoms with van der Waals surface area (Å²) in [5.74, 6) is 0. The Bertz CT molecular complexity index is 861. The van der Waals surface area contributed by atoms with Crippen molar-refractivity contribution >= 4 is 49.5 Å². The minimum absolute atomic E-state index is 0.00262. The Morgan fingerprint density at radius 2 is 2.07 bits per heavy atom. The van der Waals surface area contributed by atoms with Gasteiger partial charge in [-0.05, 0) is 24.2 Å². The molecule has 0 radical (unpaired) electrons. The largest absolute Gasteiger partial charge is 0.454 e. The summed E-state index contributed by atoms with van der Waals surface area (Å²) in [6.45, 7) is 0. The van der Waals surface area contributed by atoms with Gasteiger partial charge in [0.25, 0.3) is 0 Å². The van der Waals surface area contributed by atoms with Crippen molar-refractivity contribution in [3.8, 4) is 0 Å². The summed E-state index contributed by atoms with van der Waals surface area (Å²) in [4.78, 5) is 0. The zero-order valence-corrected chi connectivity index (χ0v) is 9.51. The number of para-hydroxylation sites is 1. The molecule has 0 aliphatic carbocycles. The quantitative estimate of drug-likeness (QED) is 0.567. The lowest BCUT2D eigenvalue weighted by Crippen LogP contribution is -1.67. The highest BCUT2D eigenvalue weighted by atomic mass is 79.9. The summed E-state index contributed by atoms with van der Waals surface area (Å²) < 4.78 is 52.8. The summed E-state index contributed by atoms with van der Waals surface area (Å²) in [5.41, 5.74) is 0.00967. The van der Waals surface area contributed by atoms with Crippen molar-refractivity contribution in [3.63, 3.8) is 0 Å². The fraction of sp³-hybridized carbons (Fsp3) is 0. The predicted octanol–water partition coefficient (Wildman–Crippen LogP) is 5.00. The fourth-order valence-corrected chi connectivity index (χ4v) is 1.83. The molecule has 0 N–H and O–H groups in total. The summed E-state index contributed by atoms with van der Waals surface area (Å²) in [6, 6.07) is -1.56. The summed E-state index contributed by atoms with van der Waals surface area (Å²) >= 11 is 9.06. The predicted molar refractivity (Wildman–Crippen MR) is 66.4 cm³/mol. The van der Waals surface area contributed by atoms with Gasteiger partial charge in [-0.15, -0.1) is 0 Å². The van der Waals surface area contributed by atoms with Crippen molar-refractivity contribution in [2.75, 3.05) is 0 Å². The van der Waals surface area contributed by atoms with Gasteiger partial charge in [-0.3, -0.25) is 0 Å². The Morgan fingerprint density at radius 1 is 1.20 bits per heavy atom. The lowest BCUT2D eigenvalue weighted by Gasteiger charge is -1.90. The van der Waals surface area contributed by atoms with Crippen LogP contribution in [0.3, 0.4) is 0 Å². The molecule has 1 aromatic heterocycles. The molecule has 15 heavy (non-hydrogen) atoms. The molecule has 0 atom stereocenters. The Morgan fingerprint density at radius 3 is 2.93 bits per heavy atom. The molecule has 0 aliphatic rings. The van der Waals surface area contributed by atoms with Crippen LogP contribution in [0.15, 0.2) is 45.1 Å². The van der Waals surface area contributed by atoms with Gasteiger partial charge in [0.05, 0.1) is 13.2 Å². The number of halogens is 2. The minimum atomic E-state index is -0.379. The van der Waals surface area contributed by atoms with Crippen LogP contribution < -0.4 is 0 Å². The highest BCUT2D eigenvalue weighted by Crippen LogP contribution is 2.34. The molecule has 74 valence electrons. The third-order valence-electron chi connectivity index (χ3n) is 1.99. The van der Waals surface area contributed by atoms with Crippen LogP contribution in [0.2, 0.25) is 5.02 Å². The molecule has 1 heterocycles. The van der Waals surface area contributed by atoms with E-state index >= 15 is 0 Å². The lowest BCUT2D eigenvalue weighted by atomic mass is 10.1. The van der Waals surface area contributed by atoms with Gasteiger partial charge in [-0.1, -0.05) is 39.6 Å². The molecule has 0 amide bonds. The van der Waals surface area contributed by atoms with Crippen LogP contribution >= 0.6 is 27.5 Å². The maximum atomic E-state index is 8.02. The normalized spacial score (nSPS) is 16.9. The smallest absolute Gasteiger partial charge is 0.153 e. The van der Waals surface area contributed by atoms with Gasteiger partial charge in [0.1, 0.15) is 5.58 Å². The standard InChI is InChI=1S/C12H6BrClO/c13-7-4-5-8-9-2-1-3-10(14)12(9)15-11(8)6-7/h1-6H/i1D,2D,3D,4D,5D,6D. The van der Waals surface area contributed by atoms with E-state index in [0.29, 0.717) is 0 Å². The first-order chi connectivity index (χ1) is 9.77. The van der Waals surface area contributed by atoms with E-state index in [1.807, 2.05) is 0 Å². The van der Waals surface area contributed by atoms with Gasteiger partial charge in [0.2, 0.25) is 0 Å². The number of rotatable bonds is 0. The third-order valence-corrected chi connectivity index (χ3v) is 2.65. The molecule has 0 spiro atoms. The van der Waals surface area contributed by atoms with Crippen LogP contribution in [0.25, 0.3) is 21.9 Å². The second kappa shape index (κ2) is 3.26. The Kier molecular flexibility index (Phi) is 1.06. The van der Waals surface area contributed by atoms with Crippen LogP contribution in [-0.2, 0) is 0 Å². The van der Waals surface area contributed by atoms with Crippen LogP contribution in [0, 0.1) is 0 Å². The molecule has 3 heteroatoms. The zero-order valence-electron chi connectivity index (χ0n) is 13.2. The van der Waals surface area contributed by atoms with E-state index in [4.69, 9.17) is 24.2 Å². The van der Waals surface area contributed by atoms with E-state index in [1.54, 1.807) is 0 Å². The third kappa shape index (κ3) is 1.36. The molecule has 0 aliphatic heterocycles. The molecular weight excluding hydrogens is 275 g/mol. The van der Waals surface area contributed by atoms with Gasteiger partial charge in [-0.25, -0.2) is 0 Å². The van der Waals surface area contributed by atoms with Crippen molar-refractivity contribution in [3.05, 3.63) is 45.7 Å². The van der Waals surface area contributed by atoms with Gasteiger partial charge >= 0.3 is 0 Å². The Balaban J connectivity index is 2.73. The molecule has 0 saturated carbocycles. The Hall–Kier alpha value is -0.990. The van der Waals surface area contributed by atoms with E-state index < -0.39 is 0 Å². The Labute approximate surface area is 108 Å². The first-order valence-electron chi connectivity index (χ1n) is 7.04. The number of hydrogen-bond acceptors (Lipinski definition) is 1. The number of furan rings is 1. The highest BCUT2D eigenvalue weighted by molar-refractivity contribution is 9.10. The molecule has 0 fully saturated rings.